The first kappa shape index (κ1) is 20.2. The van der Waals surface area contributed by atoms with Crippen molar-refractivity contribution in [3.8, 4) is 0 Å². The predicted molar refractivity (Wildman–Crippen MR) is 111 cm³/mol. The molecule has 1 aromatic carbocycles. The van der Waals surface area contributed by atoms with Crippen LogP contribution in [0.1, 0.15) is 49.8 Å². The molecule has 2 amide bonds. The smallest absolute Gasteiger partial charge is 0.317 e. The van der Waals surface area contributed by atoms with Crippen LogP contribution in [0.25, 0.3) is 0 Å². The lowest BCUT2D eigenvalue weighted by molar-refractivity contribution is 0.0419. The Balaban J connectivity index is 1.59. The van der Waals surface area contributed by atoms with Gasteiger partial charge in [-0.25, -0.2) is 4.79 Å². The third-order valence-electron chi connectivity index (χ3n) is 6.57. The van der Waals surface area contributed by atoms with Crippen molar-refractivity contribution >= 4 is 6.03 Å². The average Bonchev–Trinajstić information content (AvgIpc) is 2.79. The predicted octanol–water partition coefficient (Wildman–Crippen LogP) is 3.26. The number of urea groups is 1. The minimum absolute atomic E-state index is 0.0840. The van der Waals surface area contributed by atoms with Gasteiger partial charge in [0.15, 0.2) is 0 Å². The Hall–Kier alpha value is -1.59. The fourth-order valence-corrected chi connectivity index (χ4v) is 4.64. The molecule has 1 spiro atoms. The number of nitrogens with one attached hydrogen (secondary N) is 1. The first-order chi connectivity index (χ1) is 12.9. The number of carbonyl (C=O) groups is 1. The van der Waals surface area contributed by atoms with Crippen LogP contribution >= 0.6 is 0 Å². The van der Waals surface area contributed by atoms with Crippen LogP contribution in [0.15, 0.2) is 24.3 Å². The van der Waals surface area contributed by atoms with Crippen molar-refractivity contribution in [2.45, 2.75) is 51.1 Å². The highest BCUT2D eigenvalue weighted by molar-refractivity contribution is 5.75. The number of hydrogen-bond acceptors (Lipinski definition) is 3. The third-order valence-corrected chi connectivity index (χ3v) is 6.57. The van der Waals surface area contributed by atoms with Crippen LogP contribution in [0, 0.1) is 6.92 Å². The summed E-state index contributed by atoms with van der Waals surface area (Å²) < 4.78 is 0. The minimum Gasteiger partial charge on any atom is -0.331 e. The molecule has 0 unspecified atom stereocenters. The van der Waals surface area contributed by atoms with Crippen LogP contribution in [0.2, 0.25) is 0 Å². The molecule has 0 radical (unpaired) electrons. The normalized spacial score (nSPS) is 22.4. The number of aryl methyl sites for hydroxylation is 1. The van der Waals surface area contributed by atoms with Gasteiger partial charge in [-0.2, -0.15) is 0 Å². The maximum absolute atomic E-state index is 12.9. The Morgan fingerprint density at radius 1 is 1.11 bits per heavy atom. The molecular weight excluding hydrogens is 336 g/mol. The second-order valence-electron chi connectivity index (χ2n) is 8.55. The van der Waals surface area contributed by atoms with Crippen LogP contribution in [0.4, 0.5) is 4.79 Å². The number of nitrogens with zero attached hydrogens (tertiary/aromatic N) is 3. The molecule has 2 aliphatic heterocycles. The summed E-state index contributed by atoms with van der Waals surface area (Å²) >= 11 is 0. The lowest BCUT2D eigenvalue weighted by Gasteiger charge is -2.47. The molecule has 2 aliphatic rings. The van der Waals surface area contributed by atoms with Gasteiger partial charge in [-0.15, -0.1) is 0 Å². The third kappa shape index (κ3) is 4.64. The van der Waals surface area contributed by atoms with E-state index in [-0.39, 0.29) is 17.6 Å². The average molecular weight is 373 g/mol. The van der Waals surface area contributed by atoms with Crippen molar-refractivity contribution in [3.05, 3.63) is 35.4 Å². The Morgan fingerprint density at radius 3 is 2.41 bits per heavy atom. The summed E-state index contributed by atoms with van der Waals surface area (Å²) in [5.41, 5.74) is 2.66. The Bertz CT molecular complexity index is 622. The summed E-state index contributed by atoms with van der Waals surface area (Å²) in [5.74, 6) is 0. The Labute approximate surface area is 164 Å². The zero-order chi connectivity index (χ0) is 19.4. The van der Waals surface area contributed by atoms with E-state index in [2.05, 4.69) is 67.3 Å². The number of hydrogen-bond donors (Lipinski definition) is 1. The van der Waals surface area contributed by atoms with Gasteiger partial charge in [0.25, 0.3) is 0 Å². The van der Waals surface area contributed by atoms with Gasteiger partial charge in [-0.1, -0.05) is 36.8 Å². The standard InChI is InChI=1S/C22H36N4O/c1-5-20(19-9-7-18(2)8-10-19)23-21(27)26-15-11-22(12-16-26)17-24(3)13-6-14-25(22)4/h7-10,20H,5-6,11-17H2,1-4H3,(H,23,27)/t20-/m1/s1. The van der Waals surface area contributed by atoms with Crippen LogP contribution in [-0.4, -0.2) is 73.1 Å². The zero-order valence-electron chi connectivity index (χ0n) is 17.5. The Morgan fingerprint density at radius 2 is 1.78 bits per heavy atom. The minimum atomic E-state index is 0.0840. The molecule has 2 heterocycles. The van der Waals surface area contributed by atoms with Crippen molar-refractivity contribution in [3.63, 3.8) is 0 Å². The number of amides is 2. The number of piperidine rings is 1. The molecule has 3 rings (SSSR count). The number of rotatable bonds is 3. The van der Waals surface area contributed by atoms with E-state index in [4.69, 9.17) is 0 Å². The van der Waals surface area contributed by atoms with Crippen molar-refractivity contribution < 1.29 is 4.79 Å². The van der Waals surface area contributed by atoms with Gasteiger partial charge in [0.1, 0.15) is 0 Å². The summed E-state index contributed by atoms with van der Waals surface area (Å²) in [6.07, 6.45) is 4.25. The molecule has 0 aliphatic carbocycles. The molecule has 2 saturated heterocycles. The van der Waals surface area contributed by atoms with Gasteiger partial charge < -0.3 is 15.1 Å². The van der Waals surface area contributed by atoms with E-state index in [1.807, 2.05) is 4.90 Å². The molecule has 0 bridgehead atoms. The van der Waals surface area contributed by atoms with E-state index < -0.39 is 0 Å². The van der Waals surface area contributed by atoms with Gasteiger partial charge >= 0.3 is 6.03 Å². The van der Waals surface area contributed by atoms with Crippen molar-refractivity contribution in [2.24, 2.45) is 0 Å². The molecular formula is C22H36N4O. The summed E-state index contributed by atoms with van der Waals surface area (Å²) in [4.78, 5) is 19.9. The van der Waals surface area contributed by atoms with Crippen molar-refractivity contribution in [1.82, 2.24) is 20.0 Å². The molecule has 2 fully saturated rings. The van der Waals surface area contributed by atoms with Crippen LogP contribution in [-0.2, 0) is 0 Å². The molecule has 1 N–H and O–H groups in total. The fourth-order valence-electron chi connectivity index (χ4n) is 4.64. The lowest BCUT2D eigenvalue weighted by atomic mass is 9.85. The summed E-state index contributed by atoms with van der Waals surface area (Å²) in [5, 5.41) is 3.26. The van der Waals surface area contributed by atoms with Crippen molar-refractivity contribution in [2.75, 3.05) is 46.8 Å². The molecule has 5 nitrogen and oxygen atoms in total. The summed E-state index contributed by atoms with van der Waals surface area (Å²) in [6, 6.07) is 8.67. The summed E-state index contributed by atoms with van der Waals surface area (Å²) in [6.45, 7) is 9.34. The largest absolute Gasteiger partial charge is 0.331 e. The highest BCUT2D eigenvalue weighted by atomic mass is 16.2. The van der Waals surface area contributed by atoms with E-state index in [1.165, 1.54) is 24.1 Å². The Kier molecular flexibility index (Phi) is 6.43. The van der Waals surface area contributed by atoms with E-state index in [0.29, 0.717) is 0 Å². The molecule has 27 heavy (non-hydrogen) atoms. The lowest BCUT2D eigenvalue weighted by Crippen LogP contribution is -2.59. The van der Waals surface area contributed by atoms with Gasteiger partial charge in [-0.05, 0) is 65.4 Å². The molecule has 0 aromatic heterocycles. The van der Waals surface area contributed by atoms with E-state index in [0.717, 1.165) is 45.4 Å². The van der Waals surface area contributed by atoms with Crippen LogP contribution in [0.3, 0.4) is 0 Å². The molecule has 0 saturated carbocycles. The maximum Gasteiger partial charge on any atom is 0.317 e. The molecule has 5 heteroatoms. The van der Waals surface area contributed by atoms with E-state index in [9.17, 15) is 4.79 Å². The van der Waals surface area contributed by atoms with Crippen molar-refractivity contribution in [1.29, 1.82) is 0 Å². The quantitative estimate of drug-likeness (QED) is 0.885. The first-order valence-corrected chi connectivity index (χ1v) is 10.5. The zero-order valence-corrected chi connectivity index (χ0v) is 17.5. The fraction of sp³-hybridized carbons (Fsp3) is 0.682. The molecule has 150 valence electrons. The second-order valence-corrected chi connectivity index (χ2v) is 8.55. The highest BCUT2D eigenvalue weighted by Crippen LogP contribution is 2.31. The van der Waals surface area contributed by atoms with Gasteiger partial charge in [0, 0.05) is 25.2 Å². The highest BCUT2D eigenvalue weighted by Gasteiger charge is 2.41. The van der Waals surface area contributed by atoms with Gasteiger partial charge in [0.05, 0.1) is 6.04 Å². The van der Waals surface area contributed by atoms with Gasteiger partial charge in [-0.3, -0.25) is 4.90 Å². The van der Waals surface area contributed by atoms with E-state index in [1.54, 1.807) is 0 Å². The number of likely N-dealkylation sites (N-methyl/N-ethyl adjacent to an activating group) is 2. The van der Waals surface area contributed by atoms with Crippen LogP contribution in [0.5, 0.6) is 0 Å². The number of benzene rings is 1. The molecule has 1 aromatic rings. The number of likely N-dealkylation sites (tertiary alicyclic amines) is 1. The summed E-state index contributed by atoms with van der Waals surface area (Å²) in [7, 11) is 4.49. The van der Waals surface area contributed by atoms with E-state index >= 15 is 0 Å². The first-order valence-electron chi connectivity index (χ1n) is 10.5. The maximum atomic E-state index is 12.9. The topological polar surface area (TPSA) is 38.8 Å². The second kappa shape index (κ2) is 8.61. The molecule has 1 atom stereocenters. The SMILES string of the molecule is CC[C@@H](NC(=O)N1CCC2(CC1)CN(C)CCCN2C)c1ccc(C)cc1. The van der Waals surface area contributed by atoms with Crippen LogP contribution < -0.4 is 5.32 Å². The van der Waals surface area contributed by atoms with Gasteiger partial charge in [0.2, 0.25) is 0 Å². The monoisotopic (exact) mass is 372 g/mol. The number of carbonyl (C=O) groups excluding carboxylic acids is 1.